The van der Waals surface area contributed by atoms with Crippen LogP contribution in [0.25, 0.3) is 0 Å². The Kier molecular flexibility index (Phi) is 4.56. The molecule has 0 bridgehead atoms. The quantitative estimate of drug-likeness (QED) is 0.849. The van der Waals surface area contributed by atoms with Crippen molar-refractivity contribution < 1.29 is 8.42 Å². The van der Waals surface area contributed by atoms with E-state index < -0.39 is 10.0 Å². The third-order valence-corrected chi connectivity index (χ3v) is 6.36. The molecule has 1 saturated heterocycles. The summed E-state index contributed by atoms with van der Waals surface area (Å²) in [6, 6.07) is 9.15. The highest BCUT2D eigenvalue weighted by molar-refractivity contribution is 7.89. The molecular weight excluding hydrogens is 324 g/mol. The molecule has 1 fully saturated rings. The molecule has 0 atom stereocenters. The van der Waals surface area contributed by atoms with Gasteiger partial charge in [0.05, 0.1) is 10.6 Å². The summed E-state index contributed by atoms with van der Waals surface area (Å²) in [6.45, 7) is 7.93. The van der Waals surface area contributed by atoms with E-state index in [1.165, 1.54) is 0 Å². The molecule has 3 rings (SSSR count). The third kappa shape index (κ3) is 3.27. The van der Waals surface area contributed by atoms with Gasteiger partial charge in [0.2, 0.25) is 10.0 Å². The van der Waals surface area contributed by atoms with Gasteiger partial charge in [-0.1, -0.05) is 6.07 Å². The molecule has 24 heavy (non-hydrogen) atoms. The van der Waals surface area contributed by atoms with E-state index in [0.717, 1.165) is 22.6 Å². The van der Waals surface area contributed by atoms with Crippen molar-refractivity contribution in [2.24, 2.45) is 0 Å². The molecule has 0 radical (unpaired) electrons. The Morgan fingerprint density at radius 3 is 2.17 bits per heavy atom. The fourth-order valence-electron chi connectivity index (χ4n) is 2.74. The van der Waals surface area contributed by atoms with E-state index in [-0.39, 0.29) is 0 Å². The van der Waals surface area contributed by atoms with Gasteiger partial charge in [-0.3, -0.25) is 0 Å². The lowest BCUT2D eigenvalue weighted by atomic mass is 10.1. The number of aromatic nitrogens is 2. The molecule has 0 unspecified atom stereocenters. The Balaban J connectivity index is 1.73. The molecule has 0 spiro atoms. The number of aryl methyl sites for hydroxylation is 3. The van der Waals surface area contributed by atoms with Crippen molar-refractivity contribution in [2.45, 2.75) is 25.7 Å². The van der Waals surface area contributed by atoms with Gasteiger partial charge in [-0.05, 0) is 56.2 Å². The van der Waals surface area contributed by atoms with Crippen LogP contribution >= 0.6 is 0 Å². The highest BCUT2D eigenvalue weighted by Gasteiger charge is 2.29. The molecule has 1 aromatic carbocycles. The Labute approximate surface area is 143 Å². The van der Waals surface area contributed by atoms with Gasteiger partial charge in [0.15, 0.2) is 5.82 Å². The maximum Gasteiger partial charge on any atom is 0.243 e. The van der Waals surface area contributed by atoms with Crippen LogP contribution in [-0.4, -0.2) is 49.1 Å². The first-order chi connectivity index (χ1) is 11.4. The number of nitrogens with zero attached hydrogens (tertiary/aromatic N) is 4. The maximum atomic E-state index is 12.8. The van der Waals surface area contributed by atoms with Gasteiger partial charge >= 0.3 is 0 Å². The maximum absolute atomic E-state index is 12.8. The molecule has 1 aromatic heterocycles. The summed E-state index contributed by atoms with van der Waals surface area (Å²) in [4.78, 5) is 2.44. The van der Waals surface area contributed by atoms with Crippen LogP contribution in [0.15, 0.2) is 35.2 Å². The second kappa shape index (κ2) is 6.49. The zero-order valence-corrected chi connectivity index (χ0v) is 15.0. The SMILES string of the molecule is Cc1ccc(N2CCN(S(=O)(=O)c3ccc(C)c(C)c3)CC2)nn1. The molecule has 0 aliphatic carbocycles. The van der Waals surface area contributed by atoms with Gasteiger partial charge in [0.25, 0.3) is 0 Å². The van der Waals surface area contributed by atoms with Gasteiger partial charge in [-0.2, -0.15) is 9.40 Å². The van der Waals surface area contributed by atoms with E-state index in [1.54, 1.807) is 16.4 Å². The summed E-state index contributed by atoms with van der Waals surface area (Å²) in [5.74, 6) is 0.795. The first-order valence-electron chi connectivity index (χ1n) is 8.00. The average Bonchev–Trinajstić information content (AvgIpc) is 2.58. The zero-order valence-electron chi connectivity index (χ0n) is 14.2. The summed E-state index contributed by atoms with van der Waals surface area (Å²) in [6.07, 6.45) is 0. The monoisotopic (exact) mass is 346 g/mol. The van der Waals surface area contributed by atoms with Crippen molar-refractivity contribution in [2.75, 3.05) is 31.1 Å². The van der Waals surface area contributed by atoms with Crippen LogP contribution in [0.5, 0.6) is 0 Å². The van der Waals surface area contributed by atoms with Gasteiger partial charge < -0.3 is 4.90 Å². The number of piperazine rings is 1. The molecule has 0 amide bonds. The fourth-order valence-corrected chi connectivity index (χ4v) is 4.25. The normalized spacial score (nSPS) is 16.4. The molecule has 0 N–H and O–H groups in total. The minimum absolute atomic E-state index is 0.370. The first-order valence-corrected chi connectivity index (χ1v) is 9.44. The molecule has 1 aliphatic heterocycles. The fraction of sp³-hybridized carbons (Fsp3) is 0.412. The standard InChI is InChI=1S/C17H22N4O2S/c1-13-4-6-16(12-14(13)2)24(22,23)21-10-8-20(9-11-21)17-7-5-15(3)18-19-17/h4-7,12H,8-11H2,1-3H3. The van der Waals surface area contributed by atoms with Crippen LogP contribution < -0.4 is 4.90 Å². The lowest BCUT2D eigenvalue weighted by Gasteiger charge is -2.34. The summed E-state index contributed by atoms with van der Waals surface area (Å²) in [7, 11) is -3.44. The van der Waals surface area contributed by atoms with E-state index in [1.807, 2.05) is 39.0 Å². The summed E-state index contributed by atoms with van der Waals surface area (Å²) >= 11 is 0. The van der Waals surface area contributed by atoms with Gasteiger partial charge in [0, 0.05) is 26.2 Å². The van der Waals surface area contributed by atoms with Crippen LogP contribution in [0.4, 0.5) is 5.82 Å². The minimum atomic E-state index is -3.44. The second-order valence-electron chi connectivity index (χ2n) is 6.17. The highest BCUT2D eigenvalue weighted by atomic mass is 32.2. The van der Waals surface area contributed by atoms with Crippen LogP contribution in [0.2, 0.25) is 0 Å². The molecule has 1 aliphatic rings. The molecule has 0 saturated carbocycles. The van der Waals surface area contributed by atoms with Gasteiger partial charge in [0.1, 0.15) is 0 Å². The Bertz CT molecular complexity index is 826. The van der Waals surface area contributed by atoms with E-state index in [4.69, 9.17) is 0 Å². The number of sulfonamides is 1. The number of anilines is 1. The lowest BCUT2D eigenvalue weighted by Crippen LogP contribution is -2.49. The summed E-state index contributed by atoms with van der Waals surface area (Å²) in [5.41, 5.74) is 2.95. The largest absolute Gasteiger partial charge is 0.352 e. The van der Waals surface area contributed by atoms with Gasteiger partial charge in [-0.25, -0.2) is 8.42 Å². The predicted octanol–water partition coefficient (Wildman–Crippen LogP) is 1.91. The molecule has 6 nitrogen and oxygen atoms in total. The van der Waals surface area contributed by atoms with Crippen LogP contribution in [0.1, 0.15) is 16.8 Å². The number of hydrogen-bond donors (Lipinski definition) is 0. The van der Waals surface area contributed by atoms with Crippen molar-refractivity contribution in [3.05, 3.63) is 47.2 Å². The average molecular weight is 346 g/mol. The van der Waals surface area contributed by atoms with Crippen molar-refractivity contribution in [3.8, 4) is 0 Å². The summed E-state index contributed by atoms with van der Waals surface area (Å²) in [5, 5.41) is 8.24. The van der Waals surface area contributed by atoms with E-state index in [9.17, 15) is 8.42 Å². The van der Waals surface area contributed by atoms with Crippen LogP contribution in [-0.2, 0) is 10.0 Å². The Morgan fingerprint density at radius 2 is 1.58 bits per heavy atom. The minimum Gasteiger partial charge on any atom is -0.352 e. The molecule has 2 heterocycles. The van der Waals surface area contributed by atoms with E-state index >= 15 is 0 Å². The first kappa shape index (κ1) is 16.9. The molecule has 2 aromatic rings. The highest BCUT2D eigenvalue weighted by Crippen LogP contribution is 2.21. The van der Waals surface area contributed by atoms with Crippen molar-refractivity contribution >= 4 is 15.8 Å². The summed E-state index contributed by atoms with van der Waals surface area (Å²) < 4.78 is 27.2. The smallest absolute Gasteiger partial charge is 0.243 e. The molecule has 128 valence electrons. The van der Waals surface area contributed by atoms with Crippen molar-refractivity contribution in [1.29, 1.82) is 0 Å². The lowest BCUT2D eigenvalue weighted by molar-refractivity contribution is 0.383. The van der Waals surface area contributed by atoms with Gasteiger partial charge in [-0.15, -0.1) is 5.10 Å². The number of rotatable bonds is 3. The van der Waals surface area contributed by atoms with Crippen LogP contribution in [0, 0.1) is 20.8 Å². The second-order valence-corrected chi connectivity index (χ2v) is 8.11. The molecular formula is C17H22N4O2S. The van der Waals surface area contributed by atoms with E-state index in [2.05, 4.69) is 15.1 Å². The number of hydrogen-bond acceptors (Lipinski definition) is 5. The van der Waals surface area contributed by atoms with Crippen molar-refractivity contribution in [1.82, 2.24) is 14.5 Å². The third-order valence-electron chi connectivity index (χ3n) is 4.46. The van der Waals surface area contributed by atoms with E-state index in [0.29, 0.717) is 31.1 Å². The zero-order chi connectivity index (χ0) is 17.3. The Morgan fingerprint density at radius 1 is 0.875 bits per heavy atom. The van der Waals surface area contributed by atoms with Crippen molar-refractivity contribution in [3.63, 3.8) is 0 Å². The predicted molar refractivity (Wildman–Crippen MR) is 93.7 cm³/mol. The Hall–Kier alpha value is -1.99. The molecule has 7 heteroatoms. The topological polar surface area (TPSA) is 66.4 Å². The van der Waals surface area contributed by atoms with Crippen LogP contribution in [0.3, 0.4) is 0 Å². The number of benzene rings is 1.